The zero-order valence-corrected chi connectivity index (χ0v) is 7.00. The molecule has 0 spiro atoms. The molecule has 0 amide bonds. The van der Waals surface area contributed by atoms with Crippen molar-refractivity contribution in [2.75, 3.05) is 19.6 Å². The van der Waals surface area contributed by atoms with Crippen molar-refractivity contribution in [3.63, 3.8) is 0 Å². The molecular weight excluding hydrogens is 161 g/mol. The highest BCUT2D eigenvalue weighted by Gasteiger charge is 2.18. The fourth-order valence-electron chi connectivity index (χ4n) is 1.43. The van der Waals surface area contributed by atoms with Gasteiger partial charge in [-0.25, -0.2) is 9.18 Å². The third-order valence-corrected chi connectivity index (χ3v) is 2.17. The van der Waals surface area contributed by atoms with Crippen molar-refractivity contribution in [3.8, 4) is 0 Å². The van der Waals surface area contributed by atoms with E-state index in [-0.39, 0.29) is 6.42 Å². The lowest BCUT2D eigenvalue weighted by Gasteiger charge is -2.14. The average molecular weight is 175 g/mol. The zero-order chi connectivity index (χ0) is 8.97. The van der Waals surface area contributed by atoms with E-state index in [1.807, 2.05) is 0 Å². The van der Waals surface area contributed by atoms with Crippen LogP contribution < -0.4 is 0 Å². The van der Waals surface area contributed by atoms with E-state index in [2.05, 4.69) is 4.90 Å². The average Bonchev–Trinajstić information content (AvgIpc) is 2.51. The Morgan fingerprint density at radius 1 is 1.50 bits per heavy atom. The summed E-state index contributed by atoms with van der Waals surface area (Å²) in [6.45, 7) is 2.56. The van der Waals surface area contributed by atoms with Gasteiger partial charge in [-0.1, -0.05) is 0 Å². The van der Waals surface area contributed by atoms with Crippen LogP contribution in [0, 0.1) is 0 Å². The topological polar surface area (TPSA) is 40.5 Å². The molecule has 0 unspecified atom stereocenters. The van der Waals surface area contributed by atoms with E-state index in [9.17, 15) is 9.18 Å². The molecule has 0 saturated carbocycles. The second-order valence-electron chi connectivity index (χ2n) is 3.14. The van der Waals surface area contributed by atoms with Crippen molar-refractivity contribution in [2.24, 2.45) is 0 Å². The minimum Gasteiger partial charge on any atom is -0.479 e. The molecule has 1 fully saturated rings. The summed E-state index contributed by atoms with van der Waals surface area (Å²) in [4.78, 5) is 12.2. The highest BCUT2D eigenvalue weighted by molar-refractivity contribution is 5.71. The molecule has 0 aliphatic carbocycles. The second kappa shape index (κ2) is 4.40. The van der Waals surface area contributed by atoms with Gasteiger partial charge in [-0.05, 0) is 25.9 Å². The molecule has 1 aliphatic rings. The minimum absolute atomic E-state index is 0.120. The van der Waals surface area contributed by atoms with E-state index in [1.54, 1.807) is 0 Å². The number of carbonyl (C=O) groups is 1. The van der Waals surface area contributed by atoms with Crippen molar-refractivity contribution in [1.82, 2.24) is 4.90 Å². The number of alkyl halides is 1. The van der Waals surface area contributed by atoms with Crippen molar-refractivity contribution >= 4 is 5.97 Å². The summed E-state index contributed by atoms with van der Waals surface area (Å²) in [5.74, 6) is -1.34. The smallest absolute Gasteiger partial charge is 0.338 e. The van der Waals surface area contributed by atoms with Gasteiger partial charge >= 0.3 is 5.97 Å². The molecule has 0 aromatic carbocycles. The number of hydrogen-bond acceptors (Lipinski definition) is 2. The molecule has 1 atom stereocenters. The molecule has 1 N–H and O–H groups in total. The third kappa shape index (κ3) is 2.77. The maximum Gasteiger partial charge on any atom is 0.338 e. The van der Waals surface area contributed by atoms with Gasteiger partial charge < -0.3 is 10.0 Å². The fourth-order valence-corrected chi connectivity index (χ4v) is 1.43. The van der Waals surface area contributed by atoms with E-state index >= 15 is 0 Å². The number of carboxylic acid groups (broad SMARTS) is 1. The monoisotopic (exact) mass is 175 g/mol. The predicted octanol–water partition coefficient (Wildman–Crippen LogP) is 0.895. The molecule has 0 aromatic rings. The lowest BCUT2D eigenvalue weighted by molar-refractivity contribution is -0.143. The normalized spacial score (nSPS) is 21.1. The second-order valence-corrected chi connectivity index (χ2v) is 3.14. The van der Waals surface area contributed by atoms with Crippen LogP contribution in [0.15, 0.2) is 0 Å². The number of halogens is 1. The SMILES string of the molecule is O=C(O)[C@H](F)CCN1CCCC1. The summed E-state index contributed by atoms with van der Waals surface area (Å²) >= 11 is 0. The highest BCUT2D eigenvalue weighted by Crippen LogP contribution is 2.09. The first-order chi connectivity index (χ1) is 5.70. The van der Waals surface area contributed by atoms with Crippen LogP contribution in [0.2, 0.25) is 0 Å². The predicted molar refractivity (Wildman–Crippen MR) is 42.8 cm³/mol. The van der Waals surface area contributed by atoms with Crippen LogP contribution in [0.1, 0.15) is 19.3 Å². The van der Waals surface area contributed by atoms with Crippen LogP contribution in [0.25, 0.3) is 0 Å². The number of carboxylic acids is 1. The van der Waals surface area contributed by atoms with Gasteiger partial charge in [0.25, 0.3) is 0 Å². The summed E-state index contributed by atoms with van der Waals surface area (Å²) in [6.07, 6.45) is 0.745. The molecule has 70 valence electrons. The molecule has 0 radical (unpaired) electrons. The number of likely N-dealkylation sites (tertiary alicyclic amines) is 1. The Balaban J connectivity index is 2.11. The van der Waals surface area contributed by atoms with Gasteiger partial charge in [0.05, 0.1) is 0 Å². The summed E-state index contributed by atoms with van der Waals surface area (Å²) in [7, 11) is 0. The molecule has 0 bridgehead atoms. The molecule has 4 heteroatoms. The number of rotatable bonds is 4. The lowest BCUT2D eigenvalue weighted by atomic mass is 10.2. The maximum atomic E-state index is 12.6. The largest absolute Gasteiger partial charge is 0.479 e. The molecule has 1 rings (SSSR count). The molecule has 1 aliphatic heterocycles. The van der Waals surface area contributed by atoms with Gasteiger partial charge in [0.15, 0.2) is 6.17 Å². The first kappa shape index (κ1) is 9.45. The van der Waals surface area contributed by atoms with Crippen LogP contribution in [0.4, 0.5) is 4.39 Å². The van der Waals surface area contributed by atoms with E-state index < -0.39 is 12.1 Å². The molecule has 1 saturated heterocycles. The summed E-state index contributed by atoms with van der Waals surface area (Å²) in [5, 5.41) is 8.26. The van der Waals surface area contributed by atoms with Gasteiger partial charge in [-0.3, -0.25) is 0 Å². The third-order valence-electron chi connectivity index (χ3n) is 2.17. The quantitative estimate of drug-likeness (QED) is 0.690. The molecule has 3 nitrogen and oxygen atoms in total. The van der Waals surface area contributed by atoms with Gasteiger partial charge in [0, 0.05) is 13.0 Å². The van der Waals surface area contributed by atoms with E-state index in [0.717, 1.165) is 25.9 Å². The lowest BCUT2D eigenvalue weighted by Crippen LogP contribution is -2.26. The summed E-state index contributed by atoms with van der Waals surface area (Å²) in [5.41, 5.74) is 0. The van der Waals surface area contributed by atoms with Gasteiger partial charge in [-0.15, -0.1) is 0 Å². The Kier molecular flexibility index (Phi) is 3.47. The Morgan fingerprint density at radius 3 is 2.58 bits per heavy atom. The Bertz CT molecular complexity index is 157. The van der Waals surface area contributed by atoms with Crippen LogP contribution in [-0.4, -0.2) is 41.8 Å². The fraction of sp³-hybridized carbons (Fsp3) is 0.875. The van der Waals surface area contributed by atoms with Crippen LogP contribution in [0.3, 0.4) is 0 Å². The van der Waals surface area contributed by atoms with E-state index in [0.29, 0.717) is 6.54 Å². The molecule has 12 heavy (non-hydrogen) atoms. The van der Waals surface area contributed by atoms with Crippen molar-refractivity contribution in [2.45, 2.75) is 25.4 Å². The Morgan fingerprint density at radius 2 is 2.08 bits per heavy atom. The maximum absolute atomic E-state index is 12.6. The molecule has 1 heterocycles. The number of aliphatic carboxylic acids is 1. The van der Waals surface area contributed by atoms with Crippen LogP contribution >= 0.6 is 0 Å². The van der Waals surface area contributed by atoms with Crippen molar-refractivity contribution < 1.29 is 14.3 Å². The Labute approximate surface area is 71.2 Å². The Hall–Kier alpha value is -0.640. The van der Waals surface area contributed by atoms with Gasteiger partial charge in [0.2, 0.25) is 0 Å². The standard InChI is InChI=1S/C8H14FNO2/c9-7(8(11)12)3-6-10-4-1-2-5-10/h7H,1-6H2,(H,11,12)/t7-/m1/s1. The zero-order valence-electron chi connectivity index (χ0n) is 7.00. The number of hydrogen-bond donors (Lipinski definition) is 1. The van der Waals surface area contributed by atoms with E-state index in [1.165, 1.54) is 0 Å². The van der Waals surface area contributed by atoms with Crippen molar-refractivity contribution in [3.05, 3.63) is 0 Å². The van der Waals surface area contributed by atoms with Gasteiger partial charge in [0.1, 0.15) is 0 Å². The first-order valence-electron chi connectivity index (χ1n) is 4.29. The van der Waals surface area contributed by atoms with Crippen LogP contribution in [-0.2, 0) is 4.79 Å². The number of nitrogens with zero attached hydrogens (tertiary/aromatic N) is 1. The summed E-state index contributed by atoms with van der Waals surface area (Å²) < 4.78 is 12.6. The van der Waals surface area contributed by atoms with Gasteiger partial charge in [-0.2, -0.15) is 0 Å². The molecule has 0 aromatic heterocycles. The van der Waals surface area contributed by atoms with Crippen molar-refractivity contribution in [1.29, 1.82) is 0 Å². The molecular formula is C8H14FNO2. The highest BCUT2D eigenvalue weighted by atomic mass is 19.1. The van der Waals surface area contributed by atoms with Crippen LogP contribution in [0.5, 0.6) is 0 Å². The first-order valence-corrected chi connectivity index (χ1v) is 4.29. The van der Waals surface area contributed by atoms with E-state index in [4.69, 9.17) is 5.11 Å². The minimum atomic E-state index is -1.69. The summed E-state index contributed by atoms with van der Waals surface area (Å²) in [6, 6.07) is 0.